The van der Waals surface area contributed by atoms with Crippen molar-refractivity contribution in [2.75, 3.05) is 5.32 Å². The molecule has 1 unspecified atom stereocenters. The molecule has 0 spiro atoms. The summed E-state index contributed by atoms with van der Waals surface area (Å²) in [4.78, 5) is 18.8. The van der Waals surface area contributed by atoms with E-state index < -0.39 is 6.43 Å². The van der Waals surface area contributed by atoms with E-state index in [4.69, 9.17) is 0 Å². The number of para-hydroxylation sites is 1. The van der Waals surface area contributed by atoms with Crippen LogP contribution in [0.3, 0.4) is 0 Å². The van der Waals surface area contributed by atoms with E-state index in [2.05, 4.69) is 15.3 Å². The Labute approximate surface area is 155 Å². The maximum atomic E-state index is 13.1. The first-order chi connectivity index (χ1) is 13.2. The number of carbonyl (C=O) groups is 1. The number of rotatable bonds is 5. The number of carbonyl (C=O) groups excluding carboxylic acids is 1. The van der Waals surface area contributed by atoms with Gasteiger partial charge in [-0.15, -0.1) is 0 Å². The highest BCUT2D eigenvalue weighted by molar-refractivity contribution is 5.86. The molecule has 0 saturated heterocycles. The minimum absolute atomic E-state index is 0.207. The summed E-state index contributed by atoms with van der Waals surface area (Å²) >= 11 is 0. The Kier molecular flexibility index (Phi) is 4.71. The second-order valence-corrected chi connectivity index (χ2v) is 6.66. The van der Waals surface area contributed by atoms with Gasteiger partial charge in [0.15, 0.2) is 0 Å². The Morgan fingerprint density at radius 3 is 2.78 bits per heavy atom. The van der Waals surface area contributed by atoms with Crippen LogP contribution >= 0.6 is 0 Å². The zero-order valence-electron chi connectivity index (χ0n) is 14.6. The number of anilines is 2. The molecule has 2 N–H and O–H groups in total. The highest BCUT2D eigenvalue weighted by Crippen LogP contribution is 2.43. The molecule has 1 aliphatic rings. The molecule has 4 nitrogen and oxygen atoms in total. The Morgan fingerprint density at radius 1 is 1.22 bits per heavy atom. The molecule has 2 aromatic heterocycles. The third-order valence-corrected chi connectivity index (χ3v) is 4.93. The van der Waals surface area contributed by atoms with Gasteiger partial charge in [0.25, 0.3) is 6.43 Å². The monoisotopic (exact) mass is 367 g/mol. The van der Waals surface area contributed by atoms with Crippen molar-refractivity contribution < 1.29 is 13.6 Å². The molecule has 1 aliphatic carbocycles. The third-order valence-electron chi connectivity index (χ3n) is 4.93. The van der Waals surface area contributed by atoms with Crippen LogP contribution in [0.4, 0.5) is 20.2 Å². The van der Waals surface area contributed by atoms with E-state index in [0.29, 0.717) is 11.3 Å². The number of alkyl halides is 2. The number of nitrogens with one attached hydrogen (secondary N) is 2. The van der Waals surface area contributed by atoms with Gasteiger partial charge >= 0.3 is 0 Å². The fourth-order valence-electron chi connectivity index (χ4n) is 3.69. The van der Waals surface area contributed by atoms with Crippen molar-refractivity contribution in [2.45, 2.75) is 31.6 Å². The minimum atomic E-state index is -2.64. The van der Waals surface area contributed by atoms with Crippen LogP contribution < -0.4 is 5.32 Å². The first-order valence-corrected chi connectivity index (χ1v) is 8.94. The molecule has 0 radical (unpaired) electrons. The fraction of sp³-hybridized carbons (Fsp3) is 0.238. The van der Waals surface area contributed by atoms with Crippen LogP contribution in [0.25, 0.3) is 11.3 Å². The van der Waals surface area contributed by atoms with Crippen molar-refractivity contribution in [1.29, 1.82) is 0 Å². The molecule has 0 bridgehead atoms. The second kappa shape index (κ2) is 7.31. The number of aromatic nitrogens is 2. The summed E-state index contributed by atoms with van der Waals surface area (Å²) in [5, 5.41) is 3.39. The van der Waals surface area contributed by atoms with Crippen molar-refractivity contribution in [2.24, 2.45) is 0 Å². The van der Waals surface area contributed by atoms with Crippen molar-refractivity contribution in [3.63, 3.8) is 0 Å². The number of fused-ring (bicyclic) bond motifs is 1. The molecule has 0 aliphatic heterocycles. The summed E-state index contributed by atoms with van der Waals surface area (Å²) in [5.41, 5.74) is 4.64. The average Bonchev–Trinajstić information content (AvgIpc) is 3.07. The van der Waals surface area contributed by atoms with Gasteiger partial charge in [0.1, 0.15) is 12.0 Å². The smallest absolute Gasteiger partial charge is 0.280 e. The zero-order valence-corrected chi connectivity index (χ0v) is 14.6. The Morgan fingerprint density at radius 2 is 2.04 bits per heavy atom. The van der Waals surface area contributed by atoms with Gasteiger partial charge in [-0.2, -0.15) is 0 Å². The van der Waals surface area contributed by atoms with Crippen molar-refractivity contribution in [1.82, 2.24) is 9.97 Å². The van der Waals surface area contributed by atoms with Gasteiger partial charge in [0, 0.05) is 34.6 Å². The summed E-state index contributed by atoms with van der Waals surface area (Å²) in [6.45, 7) is 0. The van der Waals surface area contributed by atoms with Crippen LogP contribution in [0.15, 0.2) is 48.7 Å². The first-order valence-electron chi connectivity index (χ1n) is 8.94. The molecule has 1 aromatic carbocycles. The second-order valence-electron chi connectivity index (χ2n) is 6.66. The summed E-state index contributed by atoms with van der Waals surface area (Å²) in [6.07, 6.45) is 2.26. The largest absolute Gasteiger partial charge is 0.356 e. The van der Waals surface area contributed by atoms with E-state index in [1.807, 2.05) is 30.3 Å². The molecule has 0 amide bonds. The lowest BCUT2D eigenvalue weighted by Crippen LogP contribution is -2.11. The molecule has 138 valence electrons. The zero-order chi connectivity index (χ0) is 18.8. The van der Waals surface area contributed by atoms with E-state index in [9.17, 15) is 13.6 Å². The molecule has 0 fully saturated rings. The van der Waals surface area contributed by atoms with E-state index in [0.717, 1.165) is 48.2 Å². The summed E-state index contributed by atoms with van der Waals surface area (Å²) in [5.74, 6) is -0.207. The number of pyridine rings is 1. The number of benzene rings is 1. The van der Waals surface area contributed by atoms with Crippen LogP contribution in [0.2, 0.25) is 0 Å². The van der Waals surface area contributed by atoms with E-state index in [1.165, 1.54) is 12.3 Å². The van der Waals surface area contributed by atoms with Gasteiger partial charge in [-0.3, -0.25) is 4.98 Å². The van der Waals surface area contributed by atoms with Crippen molar-refractivity contribution in [3.05, 3.63) is 65.6 Å². The minimum Gasteiger partial charge on any atom is -0.356 e. The molecule has 6 heteroatoms. The Hall–Kier alpha value is -3.02. The van der Waals surface area contributed by atoms with E-state index >= 15 is 0 Å². The molecule has 1 atom stereocenters. The molecular formula is C21H19F2N3O. The number of aryl methyl sites for hydroxylation is 1. The van der Waals surface area contributed by atoms with Gasteiger partial charge in [-0.05, 0) is 43.5 Å². The lowest BCUT2D eigenvalue weighted by molar-refractivity contribution is -0.109. The van der Waals surface area contributed by atoms with E-state index in [-0.39, 0.29) is 11.6 Å². The molecule has 27 heavy (non-hydrogen) atoms. The third kappa shape index (κ3) is 3.35. The number of aldehydes is 1. The summed E-state index contributed by atoms with van der Waals surface area (Å²) < 4.78 is 26.2. The van der Waals surface area contributed by atoms with Crippen molar-refractivity contribution >= 4 is 17.7 Å². The molecular weight excluding hydrogens is 348 g/mol. The first kappa shape index (κ1) is 17.4. The number of aromatic amines is 1. The highest BCUT2D eigenvalue weighted by Gasteiger charge is 2.28. The SMILES string of the molecule is O=CC1CCCc2[nH]c(-c3ccnc(C(F)F)c3)c(Nc3ccccc3)c21. The lowest BCUT2D eigenvalue weighted by atomic mass is 9.86. The highest BCUT2D eigenvalue weighted by atomic mass is 19.3. The maximum absolute atomic E-state index is 13.1. The average molecular weight is 367 g/mol. The quantitative estimate of drug-likeness (QED) is 0.596. The lowest BCUT2D eigenvalue weighted by Gasteiger charge is -2.20. The van der Waals surface area contributed by atoms with Crippen LogP contribution in [-0.4, -0.2) is 16.3 Å². The predicted molar refractivity (Wildman–Crippen MR) is 100 cm³/mol. The van der Waals surface area contributed by atoms with E-state index in [1.54, 1.807) is 6.07 Å². The summed E-state index contributed by atoms with van der Waals surface area (Å²) in [6, 6.07) is 12.7. The Balaban J connectivity index is 1.87. The fourth-order valence-corrected chi connectivity index (χ4v) is 3.69. The maximum Gasteiger partial charge on any atom is 0.280 e. The number of hydrogen-bond acceptors (Lipinski definition) is 3. The normalized spacial score (nSPS) is 16.2. The molecule has 3 aromatic rings. The number of halogens is 2. The summed E-state index contributed by atoms with van der Waals surface area (Å²) in [7, 11) is 0. The van der Waals surface area contributed by atoms with Crippen LogP contribution in [0.5, 0.6) is 0 Å². The number of H-pyrrole nitrogens is 1. The molecule has 4 rings (SSSR count). The number of nitrogens with zero attached hydrogens (tertiary/aromatic N) is 1. The van der Waals surface area contributed by atoms with Gasteiger partial charge in [0.05, 0.1) is 11.4 Å². The number of hydrogen-bond donors (Lipinski definition) is 2. The molecule has 0 saturated carbocycles. The Bertz CT molecular complexity index is 953. The van der Waals surface area contributed by atoms with Gasteiger partial charge in [-0.25, -0.2) is 8.78 Å². The topological polar surface area (TPSA) is 57.8 Å². The van der Waals surface area contributed by atoms with Gasteiger partial charge < -0.3 is 15.1 Å². The standard InChI is InChI=1S/C21H19F2N3O/c22-21(23)17-11-13(9-10-24-17)19-20(25-15-6-2-1-3-7-15)18-14(12-27)5-4-8-16(18)26-19/h1-3,6-7,9-12,14,21,25-26H,4-5,8H2. The van der Waals surface area contributed by atoms with Crippen LogP contribution in [-0.2, 0) is 11.2 Å². The van der Waals surface area contributed by atoms with Crippen molar-refractivity contribution in [3.8, 4) is 11.3 Å². The van der Waals surface area contributed by atoms with Crippen LogP contribution in [0.1, 0.15) is 42.1 Å². The molecule has 2 heterocycles. The van der Waals surface area contributed by atoms with Gasteiger partial charge in [-0.1, -0.05) is 18.2 Å². The predicted octanol–water partition coefficient (Wildman–Crippen LogP) is 5.38. The van der Waals surface area contributed by atoms with Gasteiger partial charge in [0.2, 0.25) is 0 Å². The van der Waals surface area contributed by atoms with Crippen LogP contribution in [0, 0.1) is 0 Å².